The Labute approximate surface area is 187 Å². The van der Waals surface area contributed by atoms with Crippen LogP contribution in [0.15, 0.2) is 24.3 Å². The van der Waals surface area contributed by atoms with Crippen molar-refractivity contribution < 1.29 is 48.3 Å². The van der Waals surface area contributed by atoms with Gasteiger partial charge in [-0.1, -0.05) is 0 Å². The monoisotopic (exact) mass is 517 g/mol. The first-order valence-corrected chi connectivity index (χ1v) is 11.0. The van der Waals surface area contributed by atoms with Crippen LogP contribution in [0.5, 0.6) is 0 Å². The molecule has 6 nitrogen and oxygen atoms in total. The van der Waals surface area contributed by atoms with E-state index in [2.05, 4.69) is 4.98 Å². The second-order valence-corrected chi connectivity index (χ2v) is 9.39. The number of sulfonamides is 1. The van der Waals surface area contributed by atoms with Gasteiger partial charge in [-0.3, -0.25) is 4.79 Å². The lowest BCUT2D eigenvalue weighted by atomic mass is 10.1. The van der Waals surface area contributed by atoms with Crippen molar-refractivity contribution in [1.82, 2.24) is 4.98 Å². The second kappa shape index (κ2) is 8.36. The van der Waals surface area contributed by atoms with Crippen molar-refractivity contribution in [3.05, 3.63) is 52.7 Å². The molecule has 0 N–H and O–H groups in total. The summed E-state index contributed by atoms with van der Waals surface area (Å²) in [7, 11) is -3.53. The van der Waals surface area contributed by atoms with Gasteiger partial charge in [0, 0.05) is 12.7 Å². The number of halogens is 8. The Kier molecular flexibility index (Phi) is 6.30. The van der Waals surface area contributed by atoms with E-state index in [0.717, 1.165) is 14.0 Å². The number of hydrogen-bond acceptors (Lipinski definition) is 4. The summed E-state index contributed by atoms with van der Waals surface area (Å²) >= 11 is 0. The first-order chi connectivity index (χ1) is 15.4. The molecule has 186 valence electrons. The lowest BCUT2D eigenvalue weighted by Crippen LogP contribution is -2.46. The molecular weight excluding hydrogens is 502 g/mol. The minimum Gasteiger partial charge on any atom is -0.311 e. The van der Waals surface area contributed by atoms with Crippen LogP contribution < -0.4 is 9.21 Å². The largest absolute Gasteiger partial charge is 0.422 e. The van der Waals surface area contributed by atoms with E-state index in [4.69, 9.17) is 0 Å². The third-order valence-electron chi connectivity index (χ3n) is 5.06. The lowest BCUT2D eigenvalue weighted by Gasteiger charge is -2.28. The Hall–Kier alpha value is -2.97. The minimum absolute atomic E-state index is 0.217. The number of pyridine rings is 1. The fourth-order valence-electron chi connectivity index (χ4n) is 3.53. The van der Waals surface area contributed by atoms with Gasteiger partial charge < -0.3 is 4.90 Å². The summed E-state index contributed by atoms with van der Waals surface area (Å²) < 4.78 is 132. The number of anilines is 2. The molecule has 1 aliphatic rings. The molecule has 15 heteroatoms. The molecule has 0 unspecified atom stereocenters. The predicted octanol–water partition coefficient (Wildman–Crippen LogP) is 4.28. The molecule has 34 heavy (non-hydrogen) atoms. The Balaban J connectivity index is 2.07. The number of amides is 1. The van der Waals surface area contributed by atoms with Crippen LogP contribution >= 0.6 is 0 Å². The summed E-state index contributed by atoms with van der Waals surface area (Å²) in [5, 5.41) is 0. The molecular formula is C19H15F8N3O3S. The normalized spacial score (nSPS) is 18.3. The molecule has 2 aromatic rings. The summed E-state index contributed by atoms with van der Waals surface area (Å²) in [5.41, 5.74) is -4.71. The minimum atomic E-state index is -5.43. The van der Waals surface area contributed by atoms with Crippen LogP contribution in [0.2, 0.25) is 0 Å². The van der Waals surface area contributed by atoms with E-state index in [0.29, 0.717) is 27.4 Å². The number of nitrogens with zero attached hydrogens (tertiary/aromatic N) is 3. The molecule has 0 aliphatic carbocycles. The molecule has 1 atom stereocenters. The number of rotatable bonds is 3. The van der Waals surface area contributed by atoms with Crippen molar-refractivity contribution in [2.24, 2.45) is 0 Å². The maximum Gasteiger partial charge on any atom is 0.422 e. The molecule has 2 heterocycles. The maximum atomic E-state index is 14.5. The van der Waals surface area contributed by atoms with E-state index in [1.54, 1.807) is 0 Å². The smallest absolute Gasteiger partial charge is 0.311 e. The van der Waals surface area contributed by atoms with E-state index in [1.807, 2.05) is 0 Å². The number of carbonyl (C=O) groups is 1. The predicted molar refractivity (Wildman–Crippen MR) is 103 cm³/mol. The highest BCUT2D eigenvalue weighted by atomic mass is 32.2. The highest BCUT2D eigenvalue weighted by molar-refractivity contribution is 7.93. The molecule has 1 amide bonds. The van der Waals surface area contributed by atoms with Crippen molar-refractivity contribution in [2.75, 3.05) is 22.0 Å². The quantitative estimate of drug-likeness (QED) is 0.571. The Morgan fingerprint density at radius 2 is 1.71 bits per heavy atom. The SMILES string of the molecule is Cc1cc(C(F)(F)F)cc(N2[C@H](C(=O)N(C)c3ccc(F)c(C(F)(F)F)c3F)CCS2(=O)=O)n1. The van der Waals surface area contributed by atoms with Gasteiger partial charge in [0.15, 0.2) is 5.82 Å². The number of carbonyl (C=O) groups excluding carboxylic acids is 1. The zero-order valence-corrected chi connectivity index (χ0v) is 18.1. The van der Waals surface area contributed by atoms with E-state index in [-0.39, 0.29) is 11.8 Å². The van der Waals surface area contributed by atoms with Crippen molar-refractivity contribution in [3.63, 3.8) is 0 Å². The van der Waals surface area contributed by atoms with Crippen molar-refractivity contribution in [3.8, 4) is 0 Å². The number of likely N-dealkylation sites (N-methyl/N-ethyl adjacent to an activating group) is 1. The Morgan fingerprint density at radius 1 is 1.09 bits per heavy atom. The zero-order chi connectivity index (χ0) is 25.8. The fourth-order valence-corrected chi connectivity index (χ4v) is 5.21. The summed E-state index contributed by atoms with van der Waals surface area (Å²) in [6.07, 6.45) is -10.8. The van der Waals surface area contributed by atoms with Crippen LogP contribution in [0, 0.1) is 18.6 Å². The van der Waals surface area contributed by atoms with Gasteiger partial charge in [0.1, 0.15) is 23.2 Å². The average Bonchev–Trinajstić information content (AvgIpc) is 2.99. The van der Waals surface area contributed by atoms with Gasteiger partial charge in [0.05, 0.1) is 17.0 Å². The molecule has 0 spiro atoms. The molecule has 1 fully saturated rings. The zero-order valence-electron chi connectivity index (χ0n) is 17.3. The number of aromatic nitrogens is 1. The summed E-state index contributed by atoms with van der Waals surface area (Å²) in [4.78, 5) is 17.1. The van der Waals surface area contributed by atoms with Crippen LogP contribution in [0.25, 0.3) is 0 Å². The molecule has 0 radical (unpaired) electrons. The van der Waals surface area contributed by atoms with Gasteiger partial charge in [-0.15, -0.1) is 0 Å². The lowest BCUT2D eigenvalue weighted by molar-refractivity contribution is -0.142. The number of hydrogen-bond donors (Lipinski definition) is 0. The van der Waals surface area contributed by atoms with Crippen LogP contribution in [0.4, 0.5) is 46.6 Å². The summed E-state index contributed by atoms with van der Waals surface area (Å²) in [5.74, 6) is -6.70. The highest BCUT2D eigenvalue weighted by Gasteiger charge is 2.46. The van der Waals surface area contributed by atoms with Crippen LogP contribution in [-0.2, 0) is 27.2 Å². The molecule has 1 saturated heterocycles. The molecule has 0 bridgehead atoms. The van der Waals surface area contributed by atoms with E-state index in [1.165, 1.54) is 0 Å². The number of benzene rings is 1. The van der Waals surface area contributed by atoms with Gasteiger partial charge in [-0.25, -0.2) is 26.5 Å². The van der Waals surface area contributed by atoms with Crippen LogP contribution in [-0.4, -0.2) is 38.2 Å². The molecule has 1 aromatic heterocycles. The van der Waals surface area contributed by atoms with Crippen molar-refractivity contribution in [2.45, 2.75) is 31.7 Å². The van der Waals surface area contributed by atoms with Gasteiger partial charge in [0.25, 0.3) is 5.91 Å². The third-order valence-corrected chi connectivity index (χ3v) is 6.85. The van der Waals surface area contributed by atoms with E-state index in [9.17, 15) is 48.3 Å². The fraction of sp³-hybridized carbons (Fsp3) is 0.368. The molecule has 1 aliphatic heterocycles. The van der Waals surface area contributed by atoms with Crippen LogP contribution in [0.1, 0.15) is 23.2 Å². The number of alkyl halides is 6. The standard InChI is InChI=1S/C19H15F8N3O3S/c1-9-7-10(18(22,23)24)8-14(28-9)30-13(5-6-34(30,32)33)17(31)29(2)12-4-3-11(20)15(16(12)21)19(25,26)27/h3-4,7-8,13H,5-6H2,1-2H3/t13-/m0/s1. The van der Waals surface area contributed by atoms with Gasteiger partial charge in [0.2, 0.25) is 10.0 Å². The summed E-state index contributed by atoms with van der Waals surface area (Å²) in [6.45, 7) is 1.16. The Bertz CT molecular complexity index is 1240. The van der Waals surface area contributed by atoms with Crippen LogP contribution in [0.3, 0.4) is 0 Å². The van der Waals surface area contributed by atoms with E-state index >= 15 is 0 Å². The molecule has 0 saturated carbocycles. The van der Waals surface area contributed by atoms with Crippen molar-refractivity contribution >= 4 is 27.4 Å². The van der Waals surface area contributed by atoms with E-state index < -0.39 is 80.8 Å². The molecule has 1 aromatic carbocycles. The Morgan fingerprint density at radius 3 is 2.26 bits per heavy atom. The van der Waals surface area contributed by atoms with Gasteiger partial charge in [-0.05, 0) is 37.6 Å². The van der Waals surface area contributed by atoms with Gasteiger partial charge in [-0.2, -0.15) is 26.3 Å². The van der Waals surface area contributed by atoms with Gasteiger partial charge >= 0.3 is 12.4 Å². The first-order valence-electron chi connectivity index (χ1n) is 9.36. The highest BCUT2D eigenvalue weighted by Crippen LogP contribution is 2.38. The average molecular weight is 517 g/mol. The first kappa shape index (κ1) is 25.6. The molecule has 3 rings (SSSR count). The topological polar surface area (TPSA) is 70.6 Å². The summed E-state index contributed by atoms with van der Waals surface area (Å²) in [6, 6.07) is 0.173. The maximum absolute atomic E-state index is 14.5. The second-order valence-electron chi connectivity index (χ2n) is 7.42. The van der Waals surface area contributed by atoms with Crippen molar-refractivity contribution in [1.29, 1.82) is 0 Å². The third kappa shape index (κ3) is 4.65. The number of aryl methyl sites for hydroxylation is 1.